The Morgan fingerprint density at radius 2 is 1.33 bits per heavy atom. The topological polar surface area (TPSA) is 42.6 Å². The van der Waals surface area contributed by atoms with Crippen molar-refractivity contribution >= 4 is 44.1 Å². The average molecular weight is 570 g/mol. The normalized spacial score (nSPS) is 13.3. The largest absolute Gasteiger partial charge is 0.222 e. The van der Waals surface area contributed by atoms with Gasteiger partial charge in [0.2, 0.25) is 5.69 Å². The molecule has 0 saturated heterocycles. The number of fused-ring (bicyclic) bond motifs is 5. The molecule has 5 heteroatoms. The van der Waals surface area contributed by atoms with Gasteiger partial charge in [-0.1, -0.05) is 89.7 Å². The summed E-state index contributed by atoms with van der Waals surface area (Å²) in [6, 6.07) is 20.2. The Balaban J connectivity index is 1.52. The Labute approximate surface area is 252 Å². The molecule has 0 atom stereocenters. The van der Waals surface area contributed by atoms with Gasteiger partial charge in [0.1, 0.15) is 18.7 Å². The third-order valence-corrected chi connectivity index (χ3v) is 9.82. The smallest absolute Gasteiger partial charge is 0.217 e. The summed E-state index contributed by atoms with van der Waals surface area (Å²) in [4.78, 5) is 17.6. The molecule has 0 saturated carbocycles. The highest BCUT2D eigenvalue weighted by molar-refractivity contribution is 8.00. The number of aryl methyl sites for hydroxylation is 3. The van der Waals surface area contributed by atoms with Crippen LogP contribution >= 0.6 is 11.8 Å². The van der Waals surface area contributed by atoms with Crippen LogP contribution in [0.15, 0.2) is 70.6 Å². The van der Waals surface area contributed by atoms with Crippen LogP contribution in [0.25, 0.3) is 55.0 Å². The van der Waals surface area contributed by atoms with E-state index >= 15 is 0 Å². The molecule has 0 spiro atoms. The van der Waals surface area contributed by atoms with Crippen molar-refractivity contribution in [2.75, 3.05) is 0 Å². The standard InChI is InChI=1S/C37H37N4S/c1-20-24-12-10-11-13-25(24)21(2)32-29(20)31-30-26(16-17-41(31)9)27-18-23(15-14-22(27)19-28(30)42-32)33-38-34(36(3,4)5)40-35(39-33)37(6,7)8/h10-19H,1-9H3/q+1. The van der Waals surface area contributed by atoms with Gasteiger partial charge in [0.25, 0.3) is 0 Å². The highest BCUT2D eigenvalue weighted by atomic mass is 32.2. The van der Waals surface area contributed by atoms with Crippen molar-refractivity contribution in [2.24, 2.45) is 7.05 Å². The van der Waals surface area contributed by atoms with Gasteiger partial charge in [-0.3, -0.25) is 0 Å². The predicted molar refractivity (Wildman–Crippen MR) is 175 cm³/mol. The fourth-order valence-electron chi connectivity index (χ4n) is 6.22. The minimum Gasteiger partial charge on any atom is -0.217 e. The Kier molecular flexibility index (Phi) is 5.85. The fourth-order valence-corrected chi connectivity index (χ4v) is 7.55. The second-order valence-electron chi connectivity index (χ2n) is 13.8. The second kappa shape index (κ2) is 9.08. The molecular formula is C37H37N4S+. The molecule has 4 nitrogen and oxygen atoms in total. The quantitative estimate of drug-likeness (QED) is 0.146. The lowest BCUT2D eigenvalue weighted by Crippen LogP contribution is -2.31. The molecule has 42 heavy (non-hydrogen) atoms. The van der Waals surface area contributed by atoms with Crippen molar-refractivity contribution in [1.82, 2.24) is 15.0 Å². The van der Waals surface area contributed by atoms with Crippen LogP contribution in [0.2, 0.25) is 0 Å². The molecule has 0 N–H and O–H groups in total. The lowest BCUT2D eigenvalue weighted by Gasteiger charge is -2.24. The molecule has 1 aliphatic rings. The highest BCUT2D eigenvalue weighted by Crippen LogP contribution is 2.52. The molecule has 210 valence electrons. The van der Waals surface area contributed by atoms with E-state index in [1.807, 2.05) is 11.8 Å². The van der Waals surface area contributed by atoms with Crippen LogP contribution in [0.3, 0.4) is 0 Å². The van der Waals surface area contributed by atoms with Crippen molar-refractivity contribution in [3.63, 3.8) is 0 Å². The zero-order valence-electron chi connectivity index (χ0n) is 26.0. The number of nitrogens with zero attached hydrogens (tertiary/aromatic N) is 4. The van der Waals surface area contributed by atoms with Gasteiger partial charge in [0, 0.05) is 37.6 Å². The maximum absolute atomic E-state index is 5.00. The summed E-state index contributed by atoms with van der Waals surface area (Å²) in [5.41, 5.74) is 6.01. The van der Waals surface area contributed by atoms with Gasteiger partial charge < -0.3 is 0 Å². The molecule has 6 aromatic rings. The van der Waals surface area contributed by atoms with Crippen molar-refractivity contribution < 1.29 is 4.57 Å². The zero-order valence-corrected chi connectivity index (χ0v) is 26.8. The number of pyridine rings is 1. The first-order valence-electron chi connectivity index (χ1n) is 14.7. The van der Waals surface area contributed by atoms with Crippen molar-refractivity contribution in [2.45, 2.75) is 76.0 Å². The lowest BCUT2D eigenvalue weighted by atomic mass is 9.90. The second-order valence-corrected chi connectivity index (χ2v) is 14.8. The van der Waals surface area contributed by atoms with E-state index in [2.05, 4.69) is 128 Å². The highest BCUT2D eigenvalue weighted by Gasteiger charge is 2.32. The molecule has 0 fully saturated rings. The minimum absolute atomic E-state index is 0.179. The third-order valence-electron chi connectivity index (χ3n) is 8.56. The number of rotatable bonds is 1. The van der Waals surface area contributed by atoms with Gasteiger partial charge in [-0.2, -0.15) is 0 Å². The Morgan fingerprint density at radius 3 is 1.98 bits per heavy atom. The van der Waals surface area contributed by atoms with Crippen LogP contribution in [-0.4, -0.2) is 15.0 Å². The predicted octanol–water partition coefficient (Wildman–Crippen LogP) is 9.17. The average Bonchev–Trinajstić information content (AvgIpc) is 2.95. The van der Waals surface area contributed by atoms with Crippen LogP contribution in [0.5, 0.6) is 0 Å². The summed E-state index contributed by atoms with van der Waals surface area (Å²) in [7, 11) is 2.18. The molecule has 2 aromatic heterocycles. The van der Waals surface area contributed by atoms with Crippen molar-refractivity contribution in [3.8, 4) is 22.6 Å². The first-order valence-corrected chi connectivity index (χ1v) is 15.5. The Bertz CT molecular complexity index is 2080. The fraction of sp³-hybridized carbons (Fsp3) is 0.297. The first-order chi connectivity index (χ1) is 19.8. The van der Waals surface area contributed by atoms with Crippen LogP contribution in [0, 0.1) is 13.8 Å². The monoisotopic (exact) mass is 569 g/mol. The molecule has 4 aromatic carbocycles. The van der Waals surface area contributed by atoms with Crippen molar-refractivity contribution in [1.29, 1.82) is 0 Å². The Hall–Kier alpha value is -3.83. The van der Waals surface area contributed by atoms with E-state index in [1.165, 1.54) is 64.5 Å². The molecule has 0 bridgehead atoms. The SMILES string of the molecule is Cc1c2c(c(C)c3ccccc13)-c1c3c(cc4ccc(-c5nc(C(C)(C)C)nc(C(C)(C)C)n5)cc4c3cc[n+]1C)S2. The summed E-state index contributed by atoms with van der Waals surface area (Å²) in [6.07, 6.45) is 2.22. The molecule has 1 aliphatic heterocycles. The van der Waals surface area contributed by atoms with Gasteiger partial charge in [-0.25, -0.2) is 19.5 Å². The summed E-state index contributed by atoms with van der Waals surface area (Å²) in [5.74, 6) is 2.39. The van der Waals surface area contributed by atoms with E-state index < -0.39 is 0 Å². The van der Waals surface area contributed by atoms with E-state index in [4.69, 9.17) is 15.0 Å². The summed E-state index contributed by atoms with van der Waals surface area (Å²) in [6.45, 7) is 17.5. The van der Waals surface area contributed by atoms with Gasteiger partial charge in [0.05, 0.1) is 10.9 Å². The van der Waals surface area contributed by atoms with E-state index in [1.54, 1.807) is 0 Å². The van der Waals surface area contributed by atoms with Gasteiger partial charge in [0.15, 0.2) is 12.0 Å². The summed E-state index contributed by atoms with van der Waals surface area (Å²) < 4.78 is 2.30. The lowest BCUT2D eigenvalue weighted by molar-refractivity contribution is -0.659. The summed E-state index contributed by atoms with van der Waals surface area (Å²) in [5, 5.41) is 7.71. The molecule has 0 radical (unpaired) electrons. The third kappa shape index (κ3) is 4.04. The molecule has 0 amide bonds. The molecule has 7 rings (SSSR count). The van der Waals surface area contributed by atoms with Gasteiger partial charge >= 0.3 is 0 Å². The Morgan fingerprint density at radius 1 is 0.690 bits per heavy atom. The molecule has 0 aliphatic carbocycles. The summed E-state index contributed by atoms with van der Waals surface area (Å²) >= 11 is 1.92. The molecule has 0 unspecified atom stereocenters. The van der Waals surface area contributed by atoms with Crippen molar-refractivity contribution in [3.05, 3.63) is 83.6 Å². The van der Waals surface area contributed by atoms with E-state index in [0.717, 1.165) is 23.0 Å². The van der Waals surface area contributed by atoms with Crippen LogP contribution in [0.1, 0.15) is 64.3 Å². The molecular weight excluding hydrogens is 533 g/mol. The van der Waals surface area contributed by atoms with E-state index in [-0.39, 0.29) is 10.8 Å². The van der Waals surface area contributed by atoms with Crippen LogP contribution < -0.4 is 4.57 Å². The van der Waals surface area contributed by atoms with Crippen LogP contribution in [-0.2, 0) is 17.9 Å². The van der Waals surface area contributed by atoms with Crippen LogP contribution in [0.4, 0.5) is 0 Å². The van der Waals surface area contributed by atoms with E-state index in [0.29, 0.717) is 0 Å². The maximum Gasteiger partial charge on any atom is 0.222 e. The van der Waals surface area contributed by atoms with E-state index in [9.17, 15) is 0 Å². The maximum atomic E-state index is 5.00. The number of hydrogen-bond acceptors (Lipinski definition) is 4. The van der Waals surface area contributed by atoms with Gasteiger partial charge in [-0.05, 0) is 58.7 Å². The zero-order chi connectivity index (χ0) is 29.7. The number of benzene rings is 4. The number of hydrogen-bond donors (Lipinski definition) is 0. The molecule has 3 heterocycles. The minimum atomic E-state index is -0.179. The first kappa shape index (κ1) is 27.0. The van der Waals surface area contributed by atoms with Gasteiger partial charge in [-0.15, -0.1) is 0 Å². The number of aromatic nitrogens is 4.